The third kappa shape index (κ3) is 6.44. The monoisotopic (exact) mass is 464 g/mol. The molecule has 1 amide bonds. The topological polar surface area (TPSA) is 79.3 Å². The van der Waals surface area contributed by atoms with Gasteiger partial charge in [0.2, 0.25) is 0 Å². The second-order valence-electron chi connectivity index (χ2n) is 9.65. The number of morpholine rings is 1. The summed E-state index contributed by atoms with van der Waals surface area (Å²) in [4.78, 5) is 27.9. The molecule has 184 valence electrons. The predicted molar refractivity (Wildman–Crippen MR) is 123 cm³/mol. The van der Waals surface area contributed by atoms with E-state index in [1.165, 1.54) is 6.07 Å². The zero-order valence-electron chi connectivity index (χ0n) is 20.0. The van der Waals surface area contributed by atoms with Crippen LogP contribution in [-0.2, 0) is 20.7 Å². The normalized spacial score (nSPS) is 23.0. The van der Waals surface area contributed by atoms with E-state index in [9.17, 15) is 14.0 Å². The molecule has 2 atom stereocenters. The average molecular weight is 465 g/mol. The molecule has 0 spiro atoms. The highest BCUT2D eigenvalue weighted by Crippen LogP contribution is 2.48. The van der Waals surface area contributed by atoms with E-state index in [1.54, 1.807) is 11.0 Å². The lowest BCUT2D eigenvalue weighted by Crippen LogP contribution is -2.52. The molecule has 1 aliphatic carbocycles. The third-order valence-electron chi connectivity index (χ3n) is 6.90. The second-order valence-corrected chi connectivity index (χ2v) is 9.65. The van der Waals surface area contributed by atoms with Crippen LogP contribution in [0.3, 0.4) is 0 Å². The number of amides is 1. The molecule has 1 aromatic rings. The van der Waals surface area contributed by atoms with Crippen LogP contribution in [0, 0.1) is 11.7 Å². The number of benzene rings is 1. The van der Waals surface area contributed by atoms with Crippen molar-refractivity contribution in [1.82, 2.24) is 9.80 Å². The van der Waals surface area contributed by atoms with Gasteiger partial charge in [0.15, 0.2) is 0 Å². The van der Waals surface area contributed by atoms with Crippen LogP contribution in [0.1, 0.15) is 56.6 Å². The van der Waals surface area contributed by atoms with Gasteiger partial charge in [-0.1, -0.05) is 19.9 Å². The Morgan fingerprint density at radius 2 is 2.03 bits per heavy atom. The first-order chi connectivity index (χ1) is 15.7. The first kappa shape index (κ1) is 25.4. The van der Waals surface area contributed by atoms with Crippen molar-refractivity contribution < 1.29 is 28.6 Å². The molecular weight excluding hydrogens is 427 g/mol. The minimum Gasteiger partial charge on any atom is -0.481 e. The lowest BCUT2D eigenvalue weighted by atomic mass is 9.65. The highest BCUT2D eigenvalue weighted by atomic mass is 19.1. The highest BCUT2D eigenvalue weighted by Gasteiger charge is 2.48. The molecule has 1 unspecified atom stereocenters. The molecule has 0 aromatic heterocycles. The number of carbonyl (C=O) groups is 2. The summed E-state index contributed by atoms with van der Waals surface area (Å²) in [6.07, 6.45) is 2.30. The molecule has 8 heteroatoms. The van der Waals surface area contributed by atoms with E-state index in [-0.39, 0.29) is 30.2 Å². The van der Waals surface area contributed by atoms with Gasteiger partial charge in [0.1, 0.15) is 11.4 Å². The van der Waals surface area contributed by atoms with Crippen molar-refractivity contribution in [2.24, 2.45) is 5.92 Å². The van der Waals surface area contributed by atoms with Crippen LogP contribution in [0.5, 0.6) is 0 Å². The Morgan fingerprint density at radius 3 is 2.70 bits per heavy atom. The molecule has 1 fully saturated rings. The lowest BCUT2D eigenvalue weighted by molar-refractivity contribution is -0.137. The summed E-state index contributed by atoms with van der Waals surface area (Å²) in [5, 5.41) is 8.92. The first-order valence-corrected chi connectivity index (χ1v) is 12.0. The van der Waals surface area contributed by atoms with Crippen molar-refractivity contribution >= 4 is 12.1 Å². The van der Waals surface area contributed by atoms with Crippen molar-refractivity contribution in [3.8, 4) is 0 Å². The number of halogens is 1. The Kier molecular flexibility index (Phi) is 8.70. The summed E-state index contributed by atoms with van der Waals surface area (Å²) in [5.41, 5.74) is 1.33. The van der Waals surface area contributed by atoms with Crippen molar-refractivity contribution in [1.29, 1.82) is 0 Å². The number of aryl methyl sites for hydroxylation is 1. The van der Waals surface area contributed by atoms with Crippen LogP contribution in [0.25, 0.3) is 0 Å². The van der Waals surface area contributed by atoms with E-state index < -0.39 is 11.6 Å². The quantitative estimate of drug-likeness (QED) is 0.597. The molecule has 3 rings (SSSR count). The Morgan fingerprint density at radius 1 is 1.30 bits per heavy atom. The van der Waals surface area contributed by atoms with E-state index in [4.69, 9.17) is 14.6 Å². The summed E-state index contributed by atoms with van der Waals surface area (Å²) >= 11 is 0. The van der Waals surface area contributed by atoms with Gasteiger partial charge in [-0.15, -0.1) is 0 Å². The molecule has 1 aliphatic heterocycles. The lowest BCUT2D eigenvalue weighted by Gasteiger charge is -2.47. The number of ether oxygens (including phenoxy) is 2. The van der Waals surface area contributed by atoms with Crippen LogP contribution < -0.4 is 0 Å². The van der Waals surface area contributed by atoms with E-state index in [1.807, 2.05) is 13.1 Å². The summed E-state index contributed by atoms with van der Waals surface area (Å²) in [6.45, 7) is 7.61. The predicted octanol–water partition coefficient (Wildman–Crippen LogP) is 3.91. The number of fused-ring (bicyclic) bond motifs is 1. The molecule has 7 nitrogen and oxygen atoms in total. The molecule has 1 aromatic carbocycles. The Labute approximate surface area is 195 Å². The molecule has 0 saturated carbocycles. The highest BCUT2D eigenvalue weighted by molar-refractivity contribution is 5.68. The summed E-state index contributed by atoms with van der Waals surface area (Å²) < 4.78 is 25.7. The minimum atomic E-state index is -0.796. The summed E-state index contributed by atoms with van der Waals surface area (Å²) in [5.74, 6) is -0.911. The smallest absolute Gasteiger partial charge is 0.410 e. The van der Waals surface area contributed by atoms with Gasteiger partial charge in [0.25, 0.3) is 0 Å². The average Bonchev–Trinajstić information content (AvgIpc) is 2.78. The maximum atomic E-state index is 13.9. The number of aliphatic carboxylic acids is 1. The number of rotatable bonds is 9. The number of carbonyl (C=O) groups excluding carboxylic acids is 1. The Hall–Kier alpha value is -2.19. The van der Waals surface area contributed by atoms with Gasteiger partial charge in [-0.05, 0) is 62.0 Å². The number of hydrogen-bond acceptors (Lipinski definition) is 5. The van der Waals surface area contributed by atoms with Gasteiger partial charge >= 0.3 is 12.1 Å². The second kappa shape index (κ2) is 11.3. The molecule has 1 heterocycles. The van der Waals surface area contributed by atoms with Crippen LogP contribution in [0.15, 0.2) is 18.2 Å². The van der Waals surface area contributed by atoms with Gasteiger partial charge in [-0.2, -0.15) is 0 Å². The van der Waals surface area contributed by atoms with E-state index in [0.29, 0.717) is 65.1 Å². The van der Waals surface area contributed by atoms with E-state index >= 15 is 0 Å². The summed E-state index contributed by atoms with van der Waals surface area (Å²) in [7, 11) is 1.97. The van der Waals surface area contributed by atoms with Crippen LogP contribution in [0.2, 0.25) is 0 Å². The fourth-order valence-corrected chi connectivity index (χ4v) is 5.27. The maximum absolute atomic E-state index is 13.9. The fraction of sp³-hybridized carbons (Fsp3) is 0.680. The number of nitrogens with zero attached hydrogens (tertiary/aromatic N) is 2. The zero-order chi connectivity index (χ0) is 24.0. The SMILES string of the molecule is CC(C)C1c2ccc(F)cc2CC[C@]1(CCN(C)CCCC(=O)O)OC(=O)N1CCOCC1. The molecule has 2 aliphatic rings. The number of carboxylic acid groups (broad SMARTS) is 1. The van der Waals surface area contributed by atoms with Crippen LogP contribution in [0.4, 0.5) is 9.18 Å². The van der Waals surface area contributed by atoms with Gasteiger partial charge in [0, 0.05) is 38.4 Å². The Bertz CT molecular complexity index is 827. The van der Waals surface area contributed by atoms with Crippen molar-refractivity contribution in [3.63, 3.8) is 0 Å². The van der Waals surface area contributed by atoms with Crippen molar-refractivity contribution in [2.75, 3.05) is 46.4 Å². The minimum absolute atomic E-state index is 0.0562. The van der Waals surface area contributed by atoms with Gasteiger partial charge < -0.3 is 24.4 Å². The van der Waals surface area contributed by atoms with Crippen LogP contribution >= 0.6 is 0 Å². The summed E-state index contributed by atoms with van der Waals surface area (Å²) in [6, 6.07) is 4.95. The largest absolute Gasteiger partial charge is 0.481 e. The van der Waals surface area contributed by atoms with Crippen LogP contribution in [-0.4, -0.2) is 79.0 Å². The molecule has 0 bridgehead atoms. The van der Waals surface area contributed by atoms with Gasteiger partial charge in [-0.25, -0.2) is 9.18 Å². The van der Waals surface area contributed by atoms with Gasteiger partial charge in [0.05, 0.1) is 13.2 Å². The van der Waals surface area contributed by atoms with Gasteiger partial charge in [-0.3, -0.25) is 4.79 Å². The maximum Gasteiger partial charge on any atom is 0.410 e. The standard InChI is InChI=1S/C25H37FN2O5/c1-18(2)23-21-7-6-20(26)17-19(21)8-9-25(23,10-12-27(3)11-4-5-22(29)30)33-24(31)28-13-15-32-16-14-28/h6-7,17-18,23H,4-5,8-16H2,1-3H3,(H,29,30)/t23?,25-/m1/s1. The van der Waals surface area contributed by atoms with E-state index in [0.717, 1.165) is 11.1 Å². The zero-order valence-corrected chi connectivity index (χ0v) is 20.0. The number of carboxylic acids is 1. The van der Waals surface area contributed by atoms with E-state index in [2.05, 4.69) is 18.7 Å². The Balaban J connectivity index is 1.84. The molecular formula is C25H37FN2O5. The number of hydrogen-bond donors (Lipinski definition) is 1. The first-order valence-electron chi connectivity index (χ1n) is 12.0. The van der Waals surface area contributed by atoms with Crippen molar-refractivity contribution in [3.05, 3.63) is 35.1 Å². The molecule has 0 radical (unpaired) electrons. The fourth-order valence-electron chi connectivity index (χ4n) is 5.27. The third-order valence-corrected chi connectivity index (χ3v) is 6.90. The molecule has 1 saturated heterocycles. The molecule has 1 N–H and O–H groups in total. The van der Waals surface area contributed by atoms with Crippen molar-refractivity contribution in [2.45, 2.75) is 57.5 Å². The molecule has 33 heavy (non-hydrogen) atoms.